The minimum Gasteiger partial charge on any atom is -0.388 e. The number of aromatic nitrogens is 3. The summed E-state index contributed by atoms with van der Waals surface area (Å²) < 4.78 is 6.89. The summed E-state index contributed by atoms with van der Waals surface area (Å²) in [4.78, 5) is 4.18. The number of hydrogen-bond acceptors (Lipinski definition) is 4. The van der Waals surface area contributed by atoms with Gasteiger partial charge in [-0.3, -0.25) is 0 Å². The van der Waals surface area contributed by atoms with Crippen molar-refractivity contribution in [2.24, 2.45) is 0 Å². The molecule has 1 saturated heterocycles. The van der Waals surface area contributed by atoms with Gasteiger partial charge >= 0.3 is 0 Å². The highest BCUT2D eigenvalue weighted by Gasteiger charge is 2.29. The van der Waals surface area contributed by atoms with Gasteiger partial charge in [-0.2, -0.15) is 5.10 Å². The maximum Gasteiger partial charge on any atom is 0.147 e. The molecule has 1 aliphatic rings. The van der Waals surface area contributed by atoms with E-state index in [1.54, 1.807) is 4.68 Å². The van der Waals surface area contributed by atoms with E-state index in [0.717, 1.165) is 11.6 Å². The van der Waals surface area contributed by atoms with E-state index in [1.807, 2.05) is 13.8 Å². The fourth-order valence-corrected chi connectivity index (χ4v) is 1.62. The van der Waals surface area contributed by atoms with E-state index in [4.69, 9.17) is 4.74 Å². The standard InChI is InChI=1S/C8H13N3O2/c1-5-9-6(2)11(10-5)7-3-13-4-8(7)12/h7-8,12H,3-4H2,1-2H3. The van der Waals surface area contributed by atoms with Gasteiger partial charge in [0.15, 0.2) is 0 Å². The third-order valence-corrected chi connectivity index (χ3v) is 2.24. The summed E-state index contributed by atoms with van der Waals surface area (Å²) in [5, 5.41) is 13.8. The normalized spacial score (nSPS) is 28.2. The van der Waals surface area contributed by atoms with Gasteiger partial charge in [0.2, 0.25) is 0 Å². The van der Waals surface area contributed by atoms with E-state index < -0.39 is 6.10 Å². The van der Waals surface area contributed by atoms with Crippen molar-refractivity contribution < 1.29 is 9.84 Å². The second-order valence-electron chi connectivity index (χ2n) is 3.32. The van der Waals surface area contributed by atoms with Gasteiger partial charge in [0.25, 0.3) is 0 Å². The lowest BCUT2D eigenvalue weighted by Crippen LogP contribution is -2.24. The van der Waals surface area contributed by atoms with Crippen molar-refractivity contribution in [1.82, 2.24) is 14.8 Å². The van der Waals surface area contributed by atoms with Gasteiger partial charge in [-0.05, 0) is 13.8 Å². The van der Waals surface area contributed by atoms with E-state index in [9.17, 15) is 5.11 Å². The topological polar surface area (TPSA) is 60.2 Å². The Kier molecular flexibility index (Phi) is 2.05. The molecule has 2 unspecified atom stereocenters. The molecule has 0 aliphatic carbocycles. The summed E-state index contributed by atoms with van der Waals surface area (Å²) in [5.41, 5.74) is 0. The fourth-order valence-electron chi connectivity index (χ4n) is 1.62. The van der Waals surface area contributed by atoms with Crippen molar-refractivity contribution in [1.29, 1.82) is 0 Å². The molecular formula is C8H13N3O2. The molecule has 1 aliphatic heterocycles. The molecule has 5 heteroatoms. The second-order valence-corrected chi connectivity index (χ2v) is 3.32. The Hall–Kier alpha value is -0.940. The van der Waals surface area contributed by atoms with Crippen molar-refractivity contribution in [3.05, 3.63) is 11.6 Å². The third kappa shape index (κ3) is 1.45. The number of aryl methyl sites for hydroxylation is 2. The van der Waals surface area contributed by atoms with E-state index >= 15 is 0 Å². The van der Waals surface area contributed by atoms with E-state index in [0.29, 0.717) is 13.2 Å². The lowest BCUT2D eigenvalue weighted by Gasteiger charge is -2.13. The minimum atomic E-state index is -0.459. The Balaban J connectivity index is 2.28. The maximum atomic E-state index is 9.56. The Labute approximate surface area is 76.3 Å². The summed E-state index contributed by atoms with van der Waals surface area (Å²) in [6.07, 6.45) is -0.459. The molecule has 0 bridgehead atoms. The molecule has 2 heterocycles. The molecule has 0 radical (unpaired) electrons. The SMILES string of the molecule is Cc1nc(C)n(C2COCC2O)n1. The molecular weight excluding hydrogens is 170 g/mol. The highest BCUT2D eigenvalue weighted by molar-refractivity contribution is 4.93. The van der Waals surface area contributed by atoms with Crippen molar-refractivity contribution in [3.8, 4) is 0 Å². The zero-order chi connectivity index (χ0) is 9.42. The largest absolute Gasteiger partial charge is 0.388 e. The first-order valence-electron chi connectivity index (χ1n) is 4.34. The molecule has 0 spiro atoms. The van der Waals surface area contributed by atoms with Crippen LogP contribution in [0.15, 0.2) is 0 Å². The number of aliphatic hydroxyl groups excluding tert-OH is 1. The zero-order valence-corrected chi connectivity index (χ0v) is 7.77. The average Bonchev–Trinajstić information content (AvgIpc) is 2.58. The summed E-state index contributed by atoms with van der Waals surface area (Å²) in [5.74, 6) is 1.56. The van der Waals surface area contributed by atoms with Crippen LogP contribution in [0.3, 0.4) is 0 Å². The number of ether oxygens (including phenoxy) is 1. The van der Waals surface area contributed by atoms with Crippen LogP contribution in [0.5, 0.6) is 0 Å². The predicted octanol–water partition coefficient (Wildman–Crippen LogP) is -0.173. The first-order chi connectivity index (χ1) is 6.18. The maximum absolute atomic E-state index is 9.56. The van der Waals surface area contributed by atoms with Crippen molar-refractivity contribution in [2.75, 3.05) is 13.2 Å². The molecule has 0 amide bonds. The van der Waals surface area contributed by atoms with Gasteiger partial charge in [-0.15, -0.1) is 0 Å². The number of hydrogen-bond donors (Lipinski definition) is 1. The van der Waals surface area contributed by atoms with Crippen LogP contribution in [0.4, 0.5) is 0 Å². The minimum absolute atomic E-state index is 0.0683. The Morgan fingerprint density at radius 1 is 1.46 bits per heavy atom. The number of rotatable bonds is 1. The molecule has 0 aromatic carbocycles. The molecule has 13 heavy (non-hydrogen) atoms. The van der Waals surface area contributed by atoms with Crippen molar-refractivity contribution in [2.45, 2.75) is 26.0 Å². The molecule has 1 N–H and O–H groups in total. The van der Waals surface area contributed by atoms with Crippen LogP contribution in [0.25, 0.3) is 0 Å². The molecule has 0 saturated carbocycles. The summed E-state index contributed by atoms with van der Waals surface area (Å²) in [7, 11) is 0. The van der Waals surface area contributed by atoms with Crippen LogP contribution in [-0.2, 0) is 4.74 Å². The van der Waals surface area contributed by atoms with E-state index in [1.165, 1.54) is 0 Å². The van der Waals surface area contributed by atoms with Crippen LogP contribution < -0.4 is 0 Å². The van der Waals surface area contributed by atoms with Gasteiger partial charge in [0.05, 0.1) is 13.2 Å². The Morgan fingerprint density at radius 3 is 2.69 bits per heavy atom. The molecule has 1 aromatic heterocycles. The monoisotopic (exact) mass is 183 g/mol. The molecule has 1 fully saturated rings. The molecule has 2 rings (SSSR count). The quantitative estimate of drug-likeness (QED) is 0.656. The highest BCUT2D eigenvalue weighted by Crippen LogP contribution is 2.19. The van der Waals surface area contributed by atoms with Gasteiger partial charge < -0.3 is 9.84 Å². The zero-order valence-electron chi connectivity index (χ0n) is 7.77. The molecule has 2 atom stereocenters. The molecule has 1 aromatic rings. The Morgan fingerprint density at radius 2 is 2.23 bits per heavy atom. The van der Waals surface area contributed by atoms with Crippen LogP contribution in [0, 0.1) is 13.8 Å². The second kappa shape index (κ2) is 3.08. The lowest BCUT2D eigenvalue weighted by atomic mass is 10.2. The first kappa shape index (κ1) is 8.65. The smallest absolute Gasteiger partial charge is 0.147 e. The van der Waals surface area contributed by atoms with E-state index in [-0.39, 0.29) is 6.04 Å². The Bertz CT molecular complexity index is 310. The van der Waals surface area contributed by atoms with E-state index in [2.05, 4.69) is 10.1 Å². The third-order valence-electron chi connectivity index (χ3n) is 2.24. The predicted molar refractivity (Wildman–Crippen MR) is 45.4 cm³/mol. The van der Waals surface area contributed by atoms with Crippen LogP contribution in [-0.4, -0.2) is 39.2 Å². The summed E-state index contributed by atoms with van der Waals surface area (Å²) >= 11 is 0. The summed E-state index contributed by atoms with van der Waals surface area (Å²) in [6, 6.07) is -0.0683. The van der Waals surface area contributed by atoms with Crippen molar-refractivity contribution in [3.63, 3.8) is 0 Å². The lowest BCUT2D eigenvalue weighted by molar-refractivity contribution is 0.117. The van der Waals surface area contributed by atoms with Gasteiger partial charge in [0.1, 0.15) is 23.8 Å². The molecule has 5 nitrogen and oxygen atoms in total. The highest BCUT2D eigenvalue weighted by atomic mass is 16.5. The van der Waals surface area contributed by atoms with Gasteiger partial charge in [0, 0.05) is 0 Å². The molecule has 72 valence electrons. The van der Waals surface area contributed by atoms with Crippen LogP contribution >= 0.6 is 0 Å². The van der Waals surface area contributed by atoms with Gasteiger partial charge in [-0.1, -0.05) is 0 Å². The average molecular weight is 183 g/mol. The number of nitrogens with zero attached hydrogens (tertiary/aromatic N) is 3. The first-order valence-corrected chi connectivity index (χ1v) is 4.34. The van der Waals surface area contributed by atoms with Crippen LogP contribution in [0.1, 0.15) is 17.7 Å². The van der Waals surface area contributed by atoms with Gasteiger partial charge in [-0.25, -0.2) is 9.67 Å². The van der Waals surface area contributed by atoms with Crippen LogP contribution in [0.2, 0.25) is 0 Å². The number of aliphatic hydroxyl groups is 1. The fraction of sp³-hybridized carbons (Fsp3) is 0.750. The summed E-state index contributed by atoms with van der Waals surface area (Å²) in [6.45, 7) is 4.63. The van der Waals surface area contributed by atoms with Crippen molar-refractivity contribution >= 4 is 0 Å².